The predicted octanol–water partition coefficient (Wildman–Crippen LogP) is 7.70. The van der Waals surface area contributed by atoms with Crippen molar-refractivity contribution >= 4 is 35.1 Å². The Morgan fingerprint density at radius 2 is 1.69 bits per heavy atom. The Labute approximate surface area is 263 Å². The number of anilines is 1. The number of halogens is 4. The van der Waals surface area contributed by atoms with Crippen LogP contribution in [-0.2, 0) is 20.6 Å². The van der Waals surface area contributed by atoms with Crippen LogP contribution in [0, 0.1) is 24.7 Å². The zero-order chi connectivity index (χ0) is 32.1. The van der Waals surface area contributed by atoms with Crippen molar-refractivity contribution in [1.82, 2.24) is 5.32 Å². The number of nitrogens with one attached hydrogen (secondary N) is 1. The summed E-state index contributed by atoms with van der Waals surface area (Å²) >= 11 is 6.35. The molecule has 2 N–H and O–H groups in total. The molecule has 2 heterocycles. The summed E-state index contributed by atoms with van der Waals surface area (Å²) in [5.41, 5.74) is -1.07. The number of imide groups is 1. The highest BCUT2D eigenvalue weighted by Crippen LogP contribution is 2.53. The monoisotopic (exact) mass is 640 g/mol. The molecule has 236 valence electrons. The number of nitrogens with zero attached hydrogens (tertiary/aromatic N) is 1. The summed E-state index contributed by atoms with van der Waals surface area (Å²) in [6.45, 7) is 1.79. The Balaban J connectivity index is 1.40. The smallest absolute Gasteiger partial charge is 0.416 e. The van der Waals surface area contributed by atoms with Crippen LogP contribution in [0.15, 0.2) is 66.7 Å². The molecule has 1 saturated carbocycles. The molecule has 7 nitrogen and oxygen atoms in total. The molecule has 4 atom stereocenters. The molecule has 3 aliphatic rings. The second-order valence-electron chi connectivity index (χ2n) is 12.3. The van der Waals surface area contributed by atoms with Gasteiger partial charge in [0.1, 0.15) is 17.0 Å². The Morgan fingerprint density at radius 1 is 1.00 bits per heavy atom. The molecular weight excluding hydrogens is 609 g/mol. The van der Waals surface area contributed by atoms with Crippen molar-refractivity contribution in [1.29, 1.82) is 0 Å². The van der Waals surface area contributed by atoms with E-state index in [0.29, 0.717) is 10.6 Å². The molecule has 0 bridgehead atoms. The fourth-order valence-electron chi connectivity index (χ4n) is 7.23. The topological polar surface area (TPSA) is 95.9 Å². The fourth-order valence-corrected chi connectivity index (χ4v) is 7.40. The van der Waals surface area contributed by atoms with Gasteiger partial charge in [0.15, 0.2) is 0 Å². The first kappa shape index (κ1) is 31.1. The number of aliphatic carboxylic acids is 1. The summed E-state index contributed by atoms with van der Waals surface area (Å²) in [6, 6.07) is 14.9. The third kappa shape index (κ3) is 5.70. The molecule has 4 unspecified atom stereocenters. The molecule has 3 fully saturated rings. The molecule has 3 aromatic carbocycles. The minimum Gasteiger partial charge on any atom is -0.480 e. The van der Waals surface area contributed by atoms with Crippen LogP contribution in [0.2, 0.25) is 5.02 Å². The normalized spacial score (nSPS) is 25.4. The minimum atomic E-state index is -4.55. The average Bonchev–Trinajstić information content (AvgIpc) is 3.48. The van der Waals surface area contributed by atoms with Crippen LogP contribution < -0.4 is 15.0 Å². The van der Waals surface area contributed by atoms with Gasteiger partial charge in [0.05, 0.1) is 23.1 Å². The van der Waals surface area contributed by atoms with Gasteiger partial charge in [-0.3, -0.25) is 19.7 Å². The molecule has 2 saturated heterocycles. The summed E-state index contributed by atoms with van der Waals surface area (Å²) in [4.78, 5) is 42.7. The van der Waals surface area contributed by atoms with E-state index < -0.39 is 52.9 Å². The van der Waals surface area contributed by atoms with E-state index in [9.17, 15) is 32.7 Å². The molecule has 6 rings (SSSR count). The zero-order valence-corrected chi connectivity index (χ0v) is 25.2. The van der Waals surface area contributed by atoms with E-state index in [1.807, 2.05) is 0 Å². The number of benzene rings is 3. The highest BCUT2D eigenvalue weighted by Gasteiger charge is 2.69. The number of carboxylic acid groups (broad SMARTS) is 1. The van der Waals surface area contributed by atoms with E-state index in [4.69, 9.17) is 16.3 Å². The van der Waals surface area contributed by atoms with Crippen molar-refractivity contribution in [3.63, 3.8) is 0 Å². The van der Waals surface area contributed by atoms with Gasteiger partial charge in [0.25, 0.3) is 0 Å². The number of aryl methyl sites for hydroxylation is 1. The van der Waals surface area contributed by atoms with Crippen LogP contribution in [0.1, 0.15) is 61.3 Å². The first-order valence-electron chi connectivity index (χ1n) is 15.0. The Bertz CT molecular complexity index is 1660. The molecule has 2 amide bonds. The van der Waals surface area contributed by atoms with Gasteiger partial charge < -0.3 is 9.84 Å². The number of ether oxygens (including phenoxy) is 1. The van der Waals surface area contributed by atoms with Crippen molar-refractivity contribution in [3.05, 3.63) is 88.4 Å². The quantitative estimate of drug-likeness (QED) is 0.257. The van der Waals surface area contributed by atoms with Crippen LogP contribution in [-0.4, -0.2) is 28.4 Å². The number of rotatable bonds is 7. The SMILES string of the molecule is Cc1ccc(N2C(=O)C3C(c4cccc(Oc5cccc(C(F)(F)F)c5)c4)NC(CC4CCCCC4)(C(=O)O)C3C2=O)cc1Cl. The van der Waals surface area contributed by atoms with Crippen molar-refractivity contribution in [2.24, 2.45) is 17.8 Å². The molecule has 0 aromatic heterocycles. The first-order chi connectivity index (χ1) is 21.4. The second kappa shape index (κ2) is 11.8. The summed E-state index contributed by atoms with van der Waals surface area (Å²) in [6.07, 6.45) is 0.294. The molecule has 2 aliphatic heterocycles. The van der Waals surface area contributed by atoms with Gasteiger partial charge in [-0.25, -0.2) is 4.90 Å². The van der Waals surface area contributed by atoms with Crippen molar-refractivity contribution in [2.75, 3.05) is 4.90 Å². The lowest BCUT2D eigenvalue weighted by atomic mass is 9.72. The summed E-state index contributed by atoms with van der Waals surface area (Å²) < 4.78 is 45.7. The van der Waals surface area contributed by atoms with E-state index in [-0.39, 0.29) is 29.5 Å². The summed E-state index contributed by atoms with van der Waals surface area (Å²) in [5, 5.41) is 14.4. The van der Waals surface area contributed by atoms with Gasteiger partial charge in [-0.2, -0.15) is 13.2 Å². The van der Waals surface area contributed by atoms with Gasteiger partial charge >= 0.3 is 12.1 Å². The van der Waals surface area contributed by atoms with E-state index in [0.717, 1.165) is 54.7 Å². The number of amides is 2. The second-order valence-corrected chi connectivity index (χ2v) is 12.7. The predicted molar refractivity (Wildman–Crippen MR) is 161 cm³/mol. The van der Waals surface area contributed by atoms with E-state index in [1.54, 1.807) is 43.3 Å². The summed E-state index contributed by atoms with van der Waals surface area (Å²) in [7, 11) is 0. The number of carbonyl (C=O) groups excluding carboxylic acids is 2. The Kier molecular flexibility index (Phi) is 8.16. The van der Waals surface area contributed by atoms with Crippen molar-refractivity contribution in [3.8, 4) is 11.5 Å². The van der Waals surface area contributed by atoms with Gasteiger partial charge in [0, 0.05) is 11.1 Å². The maximum Gasteiger partial charge on any atom is 0.416 e. The number of alkyl halides is 3. The van der Waals surface area contributed by atoms with Crippen LogP contribution in [0.5, 0.6) is 11.5 Å². The first-order valence-corrected chi connectivity index (χ1v) is 15.4. The maximum absolute atomic E-state index is 14.2. The lowest BCUT2D eigenvalue weighted by molar-refractivity contribution is -0.150. The van der Waals surface area contributed by atoms with E-state index in [2.05, 4.69) is 5.32 Å². The fraction of sp³-hybridized carbons (Fsp3) is 0.382. The highest BCUT2D eigenvalue weighted by molar-refractivity contribution is 6.32. The molecule has 0 spiro atoms. The standard InChI is InChI=1S/C34H32ClF3N2O5/c1-19-13-14-23(17-26(19)35)40-30(41)27-28(31(40)42)33(32(43)44,18-20-7-3-2-4-8-20)39-29(27)21-9-5-11-24(15-21)45-25-12-6-10-22(16-25)34(36,37)38/h5-6,9-17,20,27-29,39H,2-4,7-8,18H2,1H3,(H,43,44). The number of fused-ring (bicyclic) bond motifs is 1. The van der Waals surface area contributed by atoms with Crippen molar-refractivity contribution in [2.45, 2.75) is 63.2 Å². The summed E-state index contributed by atoms with van der Waals surface area (Å²) in [5.74, 6) is -4.37. The lowest BCUT2D eigenvalue weighted by Gasteiger charge is -2.35. The number of carbonyl (C=O) groups is 3. The molecule has 1 aliphatic carbocycles. The Hall–Kier alpha value is -3.89. The van der Waals surface area contributed by atoms with E-state index >= 15 is 0 Å². The molecule has 45 heavy (non-hydrogen) atoms. The minimum absolute atomic E-state index is 0.0361. The average molecular weight is 641 g/mol. The maximum atomic E-state index is 14.2. The van der Waals surface area contributed by atoms with Crippen LogP contribution in [0.3, 0.4) is 0 Å². The lowest BCUT2D eigenvalue weighted by Crippen LogP contribution is -2.57. The largest absolute Gasteiger partial charge is 0.480 e. The van der Waals surface area contributed by atoms with E-state index in [1.165, 1.54) is 18.2 Å². The third-order valence-corrected chi connectivity index (χ3v) is 9.81. The number of hydrogen-bond acceptors (Lipinski definition) is 5. The van der Waals surface area contributed by atoms with Crippen LogP contribution >= 0.6 is 11.6 Å². The van der Waals surface area contributed by atoms with Gasteiger partial charge in [0.2, 0.25) is 11.8 Å². The van der Waals surface area contributed by atoms with Crippen LogP contribution in [0.4, 0.5) is 18.9 Å². The van der Waals surface area contributed by atoms with Crippen LogP contribution in [0.25, 0.3) is 0 Å². The number of carboxylic acids is 1. The Morgan fingerprint density at radius 3 is 2.36 bits per heavy atom. The highest BCUT2D eigenvalue weighted by atomic mass is 35.5. The molecule has 3 aromatic rings. The molecule has 11 heteroatoms. The third-order valence-electron chi connectivity index (χ3n) is 9.40. The van der Waals surface area contributed by atoms with Gasteiger partial charge in [-0.05, 0) is 72.9 Å². The number of hydrogen-bond donors (Lipinski definition) is 2. The van der Waals surface area contributed by atoms with Gasteiger partial charge in [-0.15, -0.1) is 0 Å². The van der Waals surface area contributed by atoms with Gasteiger partial charge in [-0.1, -0.05) is 68.0 Å². The molecule has 0 radical (unpaired) electrons. The van der Waals surface area contributed by atoms with Crippen molar-refractivity contribution < 1.29 is 37.4 Å². The molecular formula is C34H32ClF3N2O5. The zero-order valence-electron chi connectivity index (χ0n) is 24.4.